The maximum atomic E-state index is 12.3. The summed E-state index contributed by atoms with van der Waals surface area (Å²) in [5.74, 6) is -1.62. The van der Waals surface area contributed by atoms with Crippen LogP contribution >= 0.6 is 0 Å². The monoisotopic (exact) mass is 298 g/mol. The van der Waals surface area contributed by atoms with E-state index in [-0.39, 0.29) is 19.2 Å². The van der Waals surface area contributed by atoms with Crippen molar-refractivity contribution in [3.05, 3.63) is 0 Å². The van der Waals surface area contributed by atoms with Crippen molar-refractivity contribution >= 4 is 17.9 Å². The van der Waals surface area contributed by atoms with Crippen LogP contribution in [0.5, 0.6) is 0 Å². The van der Waals surface area contributed by atoms with E-state index in [9.17, 15) is 14.7 Å². The third kappa shape index (κ3) is 3.45. The number of tetrazole rings is 1. The molecule has 1 aliphatic rings. The average molecular weight is 298 g/mol. The van der Waals surface area contributed by atoms with Crippen LogP contribution in [0.15, 0.2) is 0 Å². The van der Waals surface area contributed by atoms with Gasteiger partial charge in [0.15, 0.2) is 0 Å². The maximum absolute atomic E-state index is 12.3. The smallest absolute Gasteiger partial charge is 0.324 e. The zero-order valence-electron chi connectivity index (χ0n) is 11.9. The molecule has 2 amide bonds. The first-order valence-electron chi connectivity index (χ1n) is 6.65. The standard InChI is InChI=1S/C11H18N6O4/c1-3-4-17(8-6-21-5-7(8)9(18)19)11(20)12-10-13-15-16(2)14-10/h7-8H,3-6H2,1-2H3,(H,18,19)(H,12,14,20). The molecule has 2 atom stereocenters. The van der Waals surface area contributed by atoms with Gasteiger partial charge in [0.05, 0.1) is 26.3 Å². The first-order valence-corrected chi connectivity index (χ1v) is 6.65. The molecule has 2 unspecified atom stereocenters. The molecule has 10 nitrogen and oxygen atoms in total. The van der Waals surface area contributed by atoms with Crippen molar-refractivity contribution in [3.8, 4) is 0 Å². The minimum absolute atomic E-state index is 0.0781. The summed E-state index contributed by atoms with van der Waals surface area (Å²) < 4.78 is 5.21. The van der Waals surface area contributed by atoms with Crippen molar-refractivity contribution in [3.63, 3.8) is 0 Å². The Balaban J connectivity index is 2.10. The van der Waals surface area contributed by atoms with Gasteiger partial charge in [0.1, 0.15) is 5.92 Å². The van der Waals surface area contributed by atoms with Crippen molar-refractivity contribution in [1.82, 2.24) is 25.1 Å². The minimum atomic E-state index is -0.968. The number of anilines is 1. The van der Waals surface area contributed by atoms with E-state index in [1.165, 1.54) is 9.70 Å². The summed E-state index contributed by atoms with van der Waals surface area (Å²) in [6.07, 6.45) is 0.699. The molecule has 0 spiro atoms. The van der Waals surface area contributed by atoms with Crippen molar-refractivity contribution in [2.75, 3.05) is 25.1 Å². The molecule has 0 aliphatic carbocycles. The van der Waals surface area contributed by atoms with Crippen LogP contribution in [0.3, 0.4) is 0 Å². The highest BCUT2D eigenvalue weighted by Gasteiger charge is 2.40. The van der Waals surface area contributed by atoms with E-state index >= 15 is 0 Å². The average Bonchev–Trinajstić information content (AvgIpc) is 3.05. The quantitative estimate of drug-likeness (QED) is 0.755. The predicted molar refractivity (Wildman–Crippen MR) is 70.5 cm³/mol. The second kappa shape index (κ2) is 6.48. The maximum Gasteiger partial charge on any atom is 0.324 e. The van der Waals surface area contributed by atoms with E-state index in [0.717, 1.165) is 0 Å². The molecular weight excluding hydrogens is 280 g/mol. The van der Waals surface area contributed by atoms with E-state index in [1.54, 1.807) is 7.05 Å². The molecule has 1 fully saturated rings. The lowest BCUT2D eigenvalue weighted by Crippen LogP contribution is -2.48. The number of amides is 2. The van der Waals surface area contributed by atoms with Gasteiger partial charge in [-0.2, -0.15) is 4.80 Å². The SMILES string of the molecule is CCCN(C(=O)Nc1nnn(C)n1)C1COCC1C(=O)O. The lowest BCUT2D eigenvalue weighted by molar-refractivity contribution is -0.142. The van der Waals surface area contributed by atoms with Gasteiger partial charge in [0, 0.05) is 6.54 Å². The van der Waals surface area contributed by atoms with Crippen molar-refractivity contribution in [2.45, 2.75) is 19.4 Å². The number of nitrogens with one attached hydrogen (secondary N) is 1. The van der Waals surface area contributed by atoms with Gasteiger partial charge in [-0.05, 0) is 11.6 Å². The van der Waals surface area contributed by atoms with Crippen LogP contribution in [0.1, 0.15) is 13.3 Å². The highest BCUT2D eigenvalue weighted by Crippen LogP contribution is 2.21. The van der Waals surface area contributed by atoms with Crippen LogP contribution in [-0.4, -0.2) is 68.0 Å². The van der Waals surface area contributed by atoms with Gasteiger partial charge in [0.25, 0.3) is 5.95 Å². The fourth-order valence-corrected chi connectivity index (χ4v) is 2.25. The summed E-state index contributed by atoms with van der Waals surface area (Å²) in [5, 5.41) is 22.9. The van der Waals surface area contributed by atoms with E-state index in [1.807, 2.05) is 6.92 Å². The Bertz CT molecular complexity index is 519. The predicted octanol–water partition coefficient (Wildman–Crippen LogP) is -0.446. The number of carboxylic acid groups (broad SMARTS) is 1. The summed E-state index contributed by atoms with van der Waals surface area (Å²) in [4.78, 5) is 26.2. The molecular formula is C11H18N6O4. The number of ether oxygens (including phenoxy) is 1. The third-order valence-corrected chi connectivity index (χ3v) is 3.22. The Morgan fingerprint density at radius 3 is 2.86 bits per heavy atom. The zero-order valence-corrected chi connectivity index (χ0v) is 11.9. The summed E-state index contributed by atoms with van der Waals surface area (Å²) >= 11 is 0. The highest BCUT2D eigenvalue weighted by atomic mass is 16.5. The Labute approximate surface area is 121 Å². The van der Waals surface area contributed by atoms with Crippen LogP contribution in [-0.2, 0) is 16.6 Å². The number of aryl methyl sites for hydroxylation is 1. The fourth-order valence-electron chi connectivity index (χ4n) is 2.25. The summed E-state index contributed by atoms with van der Waals surface area (Å²) in [6, 6.07) is -0.953. The van der Waals surface area contributed by atoms with E-state index in [0.29, 0.717) is 13.0 Å². The van der Waals surface area contributed by atoms with Crippen LogP contribution < -0.4 is 5.32 Å². The number of carboxylic acids is 1. The number of aromatic nitrogens is 4. The van der Waals surface area contributed by atoms with Crippen LogP contribution in [0.25, 0.3) is 0 Å². The number of rotatable bonds is 5. The topological polar surface area (TPSA) is 122 Å². The molecule has 116 valence electrons. The number of hydrogen-bond acceptors (Lipinski definition) is 6. The molecule has 0 bridgehead atoms. The van der Waals surface area contributed by atoms with Crippen LogP contribution in [0.4, 0.5) is 10.7 Å². The van der Waals surface area contributed by atoms with Gasteiger partial charge in [-0.1, -0.05) is 12.0 Å². The zero-order chi connectivity index (χ0) is 15.4. The number of aliphatic carboxylic acids is 1. The third-order valence-electron chi connectivity index (χ3n) is 3.22. The molecule has 1 aliphatic heterocycles. The molecule has 0 aromatic carbocycles. The Kier molecular flexibility index (Phi) is 4.68. The van der Waals surface area contributed by atoms with Crippen LogP contribution in [0.2, 0.25) is 0 Å². The Morgan fingerprint density at radius 2 is 2.29 bits per heavy atom. The number of nitrogens with zero attached hydrogens (tertiary/aromatic N) is 5. The van der Waals surface area contributed by atoms with Gasteiger partial charge in [0.2, 0.25) is 0 Å². The van der Waals surface area contributed by atoms with Gasteiger partial charge >= 0.3 is 12.0 Å². The lowest BCUT2D eigenvalue weighted by atomic mass is 10.0. The van der Waals surface area contributed by atoms with Crippen molar-refractivity contribution in [2.24, 2.45) is 13.0 Å². The largest absolute Gasteiger partial charge is 0.481 e. The molecule has 1 aromatic rings. The van der Waals surface area contributed by atoms with E-state index < -0.39 is 24.0 Å². The van der Waals surface area contributed by atoms with E-state index in [4.69, 9.17) is 4.74 Å². The van der Waals surface area contributed by atoms with E-state index in [2.05, 4.69) is 20.7 Å². The minimum Gasteiger partial charge on any atom is -0.481 e. The summed E-state index contributed by atoms with van der Waals surface area (Å²) in [6.45, 7) is 2.64. The van der Waals surface area contributed by atoms with Crippen molar-refractivity contribution < 1.29 is 19.4 Å². The molecule has 21 heavy (non-hydrogen) atoms. The molecule has 1 saturated heterocycles. The molecule has 2 N–H and O–H groups in total. The first-order chi connectivity index (χ1) is 10.0. The Hall–Kier alpha value is -2.23. The van der Waals surface area contributed by atoms with Gasteiger partial charge in [-0.25, -0.2) is 4.79 Å². The lowest BCUT2D eigenvalue weighted by Gasteiger charge is -2.29. The normalized spacial score (nSPS) is 21.2. The van der Waals surface area contributed by atoms with Crippen LogP contribution in [0, 0.1) is 5.92 Å². The highest BCUT2D eigenvalue weighted by molar-refractivity contribution is 5.88. The van der Waals surface area contributed by atoms with Gasteiger partial charge in [-0.15, -0.1) is 5.10 Å². The molecule has 0 saturated carbocycles. The Morgan fingerprint density at radius 1 is 1.52 bits per heavy atom. The van der Waals surface area contributed by atoms with Gasteiger partial charge in [-0.3, -0.25) is 10.1 Å². The van der Waals surface area contributed by atoms with Gasteiger partial charge < -0.3 is 14.7 Å². The summed E-state index contributed by atoms with van der Waals surface area (Å²) in [5.41, 5.74) is 0. The molecule has 2 heterocycles. The number of carbonyl (C=O) groups is 2. The summed E-state index contributed by atoms with van der Waals surface area (Å²) in [7, 11) is 1.58. The molecule has 10 heteroatoms. The number of hydrogen-bond donors (Lipinski definition) is 2. The number of urea groups is 1. The molecule has 1 aromatic heterocycles. The number of carbonyl (C=O) groups excluding carboxylic acids is 1. The first kappa shape index (κ1) is 15.2. The van der Waals surface area contributed by atoms with Crippen molar-refractivity contribution in [1.29, 1.82) is 0 Å². The second-order valence-electron chi connectivity index (χ2n) is 4.78. The molecule has 0 radical (unpaired) electrons. The second-order valence-corrected chi connectivity index (χ2v) is 4.78. The molecule has 2 rings (SSSR count). The fraction of sp³-hybridized carbons (Fsp3) is 0.727.